The standard InChI is InChI=1S/C40H66N8O7.C32H51N7O6/c1-3-26(2)38-35(52)19-12-29(8-4-5-21-41)36(53)25-47-32(17-15-31(50)16-20-37(54)48-38)34(51)18-11-28(7-6-22-45-40(43)44)24-46-33(39(42)55)23-27-9-13-30(49)14-10-27;1-3-20(2)30-28(43)19-38-25(13-11-24(41)12-15-29(44)39-30)27(42)14-8-22(5-4-16-36-32(34)35)18-37-26(31(33)45)17-21-6-9-23(40)10-7-21/h9-10,13-14,26,28-29,32-33,38,46-47,49H,3-8,11-12,15-25,41H2,1-2H3,(H2,42,55)(H,48,54)(H4,43,44,45);6-7,9-10,20,22,25-26,30,37-38,40H,3-5,8,11-19H2,1-2H3,(H2,33,45)(H,39,44)(H4,34,35,36)/t26-,28+,29+,32-,33-,38-;20-,22+,25-,26-,30-/m00/s1. The first kappa shape index (κ1) is 86.2. The van der Waals surface area contributed by atoms with Crippen molar-refractivity contribution in [3.05, 3.63) is 59.7 Å². The minimum Gasteiger partial charge on any atom is -0.508 e. The fourth-order valence-corrected chi connectivity index (χ4v) is 12.2. The van der Waals surface area contributed by atoms with Gasteiger partial charge in [-0.1, -0.05) is 71.2 Å². The number of benzene rings is 2. The predicted molar refractivity (Wildman–Crippen MR) is 385 cm³/mol. The van der Waals surface area contributed by atoms with Gasteiger partial charge >= 0.3 is 0 Å². The summed E-state index contributed by atoms with van der Waals surface area (Å²) in [6.45, 7) is 9.57. The minimum absolute atomic E-state index is 0.00430. The SMILES string of the molecule is CC[C@H](C)[C@@H]1NC(=O)CCC(=O)CC[C@@H](C(=O)CC[C@@H](CCCN=C(N)N)CN[C@@H](Cc2ccc(O)cc2)C(N)=O)NCC(=O)[C@H](CCCCN)CCC1=O.CC[C@H](C)[C@@H]1NC(=O)CCC(=O)CC[C@@H](C(=O)CC[C@@H](CCCN=C(N)N)CN[C@@H](Cc2ccc(O)cc2)C(N)=O)NCC1=O. The second-order valence-electron chi connectivity index (χ2n) is 26.9. The number of primary amides is 2. The van der Waals surface area contributed by atoms with Crippen molar-refractivity contribution in [2.75, 3.05) is 45.8 Å². The number of rotatable bonds is 36. The molecule has 0 radical (unpaired) electrons. The number of nitrogens with two attached hydrogens (primary N) is 7. The number of nitrogens with one attached hydrogen (secondary N) is 6. The number of amides is 4. The van der Waals surface area contributed by atoms with Crippen LogP contribution in [0.2, 0.25) is 0 Å². The summed E-state index contributed by atoms with van der Waals surface area (Å²) in [7, 11) is 0. The first-order chi connectivity index (χ1) is 47.6. The van der Waals surface area contributed by atoms with E-state index in [1.807, 2.05) is 27.7 Å². The van der Waals surface area contributed by atoms with Crippen molar-refractivity contribution in [1.29, 1.82) is 0 Å². The highest BCUT2D eigenvalue weighted by Gasteiger charge is 2.32. The van der Waals surface area contributed by atoms with E-state index in [2.05, 4.69) is 41.9 Å². The Bertz CT molecular complexity index is 2980. The Morgan fingerprint density at radius 3 is 1.32 bits per heavy atom. The molecule has 4 rings (SSSR count). The van der Waals surface area contributed by atoms with E-state index in [0.717, 1.165) is 17.5 Å². The van der Waals surface area contributed by atoms with E-state index >= 15 is 0 Å². The summed E-state index contributed by atoms with van der Waals surface area (Å²) in [4.78, 5) is 151. The number of aromatic hydroxyl groups is 2. The molecule has 0 spiro atoms. The Balaban J connectivity index is 0.000000531. The second-order valence-corrected chi connectivity index (χ2v) is 26.9. The summed E-state index contributed by atoms with van der Waals surface area (Å²) in [6, 6.07) is 8.86. The van der Waals surface area contributed by atoms with E-state index in [4.69, 9.17) is 40.1 Å². The van der Waals surface area contributed by atoms with Crippen LogP contribution in [0.15, 0.2) is 58.5 Å². The summed E-state index contributed by atoms with van der Waals surface area (Å²) in [6.07, 6.45) is 8.90. The lowest BCUT2D eigenvalue weighted by atomic mass is 9.87. The highest BCUT2D eigenvalue weighted by molar-refractivity contribution is 5.94. The zero-order chi connectivity index (χ0) is 74.1. The van der Waals surface area contributed by atoms with Crippen LogP contribution in [0.4, 0.5) is 0 Å². The second kappa shape index (κ2) is 47.9. The Hall–Kier alpha value is -8.05. The molecule has 11 atom stereocenters. The maximum Gasteiger partial charge on any atom is 0.234 e. The van der Waals surface area contributed by atoms with Crippen LogP contribution in [0.5, 0.6) is 11.5 Å². The Labute approximate surface area is 589 Å². The zero-order valence-corrected chi connectivity index (χ0v) is 59.4. The van der Waals surface area contributed by atoms with Gasteiger partial charge in [0, 0.05) is 76.8 Å². The third kappa shape index (κ3) is 35.3. The summed E-state index contributed by atoms with van der Waals surface area (Å²) in [5.74, 6) is -3.27. The molecule has 2 fully saturated rings. The molecule has 4 amide bonds. The van der Waals surface area contributed by atoms with Crippen molar-refractivity contribution in [1.82, 2.24) is 31.9 Å². The van der Waals surface area contributed by atoms with E-state index in [0.29, 0.717) is 116 Å². The lowest BCUT2D eigenvalue weighted by Gasteiger charge is -2.26. The summed E-state index contributed by atoms with van der Waals surface area (Å²) in [5.41, 5.74) is 40.7. The first-order valence-corrected chi connectivity index (χ1v) is 35.8. The van der Waals surface area contributed by atoms with Crippen LogP contribution in [0, 0.1) is 29.6 Å². The molecule has 0 unspecified atom stereocenters. The van der Waals surface area contributed by atoms with E-state index < -0.39 is 54.0 Å². The highest BCUT2D eigenvalue weighted by atomic mass is 16.3. The molecule has 0 aromatic heterocycles. The van der Waals surface area contributed by atoms with Gasteiger partial charge in [0.15, 0.2) is 23.5 Å². The van der Waals surface area contributed by atoms with Crippen LogP contribution in [0.3, 0.4) is 0 Å². The number of hydrogen-bond acceptors (Lipinski definition) is 20. The molecule has 2 aromatic rings. The van der Waals surface area contributed by atoms with E-state index in [1.165, 1.54) is 12.1 Å². The van der Waals surface area contributed by atoms with Gasteiger partial charge in [0.2, 0.25) is 23.6 Å². The van der Waals surface area contributed by atoms with Gasteiger partial charge in [0.25, 0.3) is 0 Å². The van der Waals surface area contributed by atoms with Gasteiger partial charge in [-0.25, -0.2) is 0 Å². The number of ketones is 7. The predicted octanol–water partition coefficient (Wildman–Crippen LogP) is 2.29. The van der Waals surface area contributed by atoms with Gasteiger partial charge in [-0.05, 0) is 162 Å². The largest absolute Gasteiger partial charge is 0.508 e. The molecule has 2 aromatic carbocycles. The molecular weight excluding hydrogens is 1280 g/mol. The van der Waals surface area contributed by atoms with Crippen LogP contribution in [0.25, 0.3) is 0 Å². The number of nitrogens with zero attached hydrogens (tertiary/aromatic N) is 2. The van der Waals surface area contributed by atoms with Gasteiger partial charge in [-0.2, -0.15) is 0 Å². The first-order valence-electron chi connectivity index (χ1n) is 35.8. The topological polar surface area (TPSA) is 507 Å². The summed E-state index contributed by atoms with van der Waals surface area (Å²) < 4.78 is 0. The Kier molecular flexibility index (Phi) is 41.3. The Morgan fingerprint density at radius 2 is 0.930 bits per heavy atom. The van der Waals surface area contributed by atoms with Crippen LogP contribution < -0.4 is 72.0 Å². The number of unbranched alkanes of at least 4 members (excludes halogenated alkanes) is 1. The van der Waals surface area contributed by atoms with Gasteiger partial charge in [0.05, 0.1) is 49.3 Å². The maximum atomic E-state index is 13.8. The van der Waals surface area contributed by atoms with Gasteiger partial charge in [-0.15, -0.1) is 0 Å². The lowest BCUT2D eigenvalue weighted by molar-refractivity contribution is -0.131. The Morgan fingerprint density at radius 1 is 0.520 bits per heavy atom. The fourth-order valence-electron chi connectivity index (χ4n) is 12.2. The number of carbonyl (C=O) groups is 11. The number of aliphatic imine (C=N–C) groups is 2. The molecule has 22 N–H and O–H groups in total. The van der Waals surface area contributed by atoms with Crippen molar-refractivity contribution < 1.29 is 63.0 Å². The molecular formula is C72H117N15O13. The smallest absolute Gasteiger partial charge is 0.234 e. The molecule has 0 aliphatic carbocycles. The van der Waals surface area contributed by atoms with Crippen LogP contribution >= 0.6 is 0 Å². The van der Waals surface area contributed by atoms with Gasteiger partial charge in [-0.3, -0.25) is 62.7 Å². The third-order valence-electron chi connectivity index (χ3n) is 18.9. The molecule has 2 heterocycles. The molecule has 2 aliphatic rings. The monoisotopic (exact) mass is 1400 g/mol. The average molecular weight is 1400 g/mol. The minimum atomic E-state index is -0.779. The normalized spacial score (nSPS) is 20.6. The highest BCUT2D eigenvalue weighted by Crippen LogP contribution is 2.24. The van der Waals surface area contributed by atoms with Crippen molar-refractivity contribution in [2.24, 2.45) is 79.7 Å². The number of carbonyl (C=O) groups excluding carboxylic acids is 11. The number of hydrogen-bond donors (Lipinski definition) is 15. The molecule has 0 bridgehead atoms. The number of guanidine groups is 2. The fraction of sp³-hybridized carbons (Fsp3) is 0.653. The molecule has 558 valence electrons. The quantitative estimate of drug-likeness (QED) is 0.0264. The van der Waals surface area contributed by atoms with E-state index in [1.54, 1.807) is 36.4 Å². The number of phenolic OH excluding ortho intramolecular Hbond substituents is 2. The molecule has 100 heavy (non-hydrogen) atoms. The summed E-state index contributed by atoms with van der Waals surface area (Å²) in [5, 5.41) is 37.5. The molecule has 2 aliphatic heterocycles. The van der Waals surface area contributed by atoms with Crippen LogP contribution in [-0.2, 0) is 65.6 Å². The summed E-state index contributed by atoms with van der Waals surface area (Å²) >= 11 is 0. The maximum absolute atomic E-state index is 13.8. The van der Waals surface area contributed by atoms with E-state index in [9.17, 15) is 63.0 Å². The zero-order valence-electron chi connectivity index (χ0n) is 59.4. The van der Waals surface area contributed by atoms with Crippen LogP contribution in [-0.4, -0.2) is 168 Å². The average Bonchev–Trinajstić information content (AvgIpc) is 0.953. The third-order valence-corrected chi connectivity index (χ3v) is 18.9. The van der Waals surface area contributed by atoms with Crippen molar-refractivity contribution in [3.63, 3.8) is 0 Å². The van der Waals surface area contributed by atoms with Gasteiger partial charge < -0.3 is 82.2 Å². The van der Waals surface area contributed by atoms with Crippen LogP contribution in [0.1, 0.15) is 187 Å². The number of Topliss-reactive ketones (excluding diaryl/α,β-unsaturated/α-hetero) is 7. The molecule has 0 saturated carbocycles. The number of phenols is 2. The molecule has 2 saturated heterocycles. The van der Waals surface area contributed by atoms with Crippen molar-refractivity contribution >= 4 is 76.0 Å². The lowest BCUT2D eigenvalue weighted by Crippen LogP contribution is -2.50. The van der Waals surface area contributed by atoms with Crippen molar-refractivity contribution in [2.45, 2.75) is 224 Å². The molecule has 28 nitrogen and oxygen atoms in total. The molecule has 28 heteroatoms. The van der Waals surface area contributed by atoms with Gasteiger partial charge in [0.1, 0.15) is 40.4 Å². The van der Waals surface area contributed by atoms with Crippen molar-refractivity contribution in [3.8, 4) is 11.5 Å². The van der Waals surface area contributed by atoms with E-state index in [-0.39, 0.29) is 183 Å².